The quantitative estimate of drug-likeness (QED) is 0.416. The number of hydrogen-bond donors (Lipinski definition) is 3. The van der Waals surface area contributed by atoms with Crippen molar-refractivity contribution in [2.75, 3.05) is 20.3 Å². The van der Waals surface area contributed by atoms with E-state index in [1.54, 1.807) is 0 Å². The number of urea groups is 1. The van der Waals surface area contributed by atoms with Gasteiger partial charge in [0.05, 0.1) is 0 Å². The molecule has 3 N–H and O–H groups in total. The minimum atomic E-state index is -1.09. The standard InChI is InChI=1S/C10H16N2O4/c1-3-4-6-11-10(15)12-8(9(13)14)5-7-16-2/h1,8H,4-7H2,2H3,(H,13,14)(H2,11,12,15). The number of terminal acetylenes is 1. The number of carboxylic acids is 1. The van der Waals surface area contributed by atoms with Gasteiger partial charge in [-0.2, -0.15) is 0 Å². The zero-order chi connectivity index (χ0) is 12.4. The second kappa shape index (κ2) is 8.56. The van der Waals surface area contributed by atoms with E-state index in [1.165, 1.54) is 7.11 Å². The largest absolute Gasteiger partial charge is 0.480 e. The Morgan fingerprint density at radius 2 is 2.25 bits per heavy atom. The first-order valence-corrected chi connectivity index (χ1v) is 4.81. The van der Waals surface area contributed by atoms with E-state index in [0.29, 0.717) is 13.0 Å². The molecule has 0 aliphatic carbocycles. The van der Waals surface area contributed by atoms with Gasteiger partial charge in [0.2, 0.25) is 0 Å². The fourth-order valence-corrected chi connectivity index (χ4v) is 0.951. The fraction of sp³-hybridized carbons (Fsp3) is 0.600. The van der Waals surface area contributed by atoms with Crippen molar-refractivity contribution in [3.63, 3.8) is 0 Å². The summed E-state index contributed by atoms with van der Waals surface area (Å²) in [5.74, 6) is 1.26. The molecule has 0 saturated carbocycles. The van der Waals surface area contributed by atoms with Gasteiger partial charge in [0.15, 0.2) is 0 Å². The number of rotatable bonds is 7. The van der Waals surface area contributed by atoms with E-state index in [0.717, 1.165) is 0 Å². The highest BCUT2D eigenvalue weighted by Gasteiger charge is 2.18. The van der Waals surface area contributed by atoms with Crippen molar-refractivity contribution in [2.45, 2.75) is 18.9 Å². The monoisotopic (exact) mass is 228 g/mol. The lowest BCUT2D eigenvalue weighted by Crippen LogP contribution is -2.46. The summed E-state index contributed by atoms with van der Waals surface area (Å²) in [7, 11) is 1.46. The molecule has 0 aromatic carbocycles. The van der Waals surface area contributed by atoms with Gasteiger partial charge in [-0.3, -0.25) is 0 Å². The molecule has 0 saturated heterocycles. The van der Waals surface area contributed by atoms with Gasteiger partial charge < -0.3 is 20.5 Å². The van der Waals surface area contributed by atoms with E-state index >= 15 is 0 Å². The van der Waals surface area contributed by atoms with Gasteiger partial charge in [0, 0.05) is 33.1 Å². The maximum absolute atomic E-state index is 11.2. The van der Waals surface area contributed by atoms with Crippen LogP contribution in [0.4, 0.5) is 4.79 Å². The molecule has 6 heteroatoms. The van der Waals surface area contributed by atoms with Crippen molar-refractivity contribution in [2.24, 2.45) is 0 Å². The molecule has 1 unspecified atom stereocenters. The number of carbonyl (C=O) groups is 2. The molecule has 0 aromatic heterocycles. The number of methoxy groups -OCH3 is 1. The highest BCUT2D eigenvalue weighted by atomic mass is 16.5. The summed E-state index contributed by atoms with van der Waals surface area (Å²) >= 11 is 0. The topological polar surface area (TPSA) is 87.7 Å². The van der Waals surface area contributed by atoms with Crippen molar-refractivity contribution < 1.29 is 19.4 Å². The third kappa shape index (κ3) is 6.68. The van der Waals surface area contributed by atoms with Crippen LogP contribution in [0.3, 0.4) is 0 Å². The second-order valence-corrected chi connectivity index (χ2v) is 3.03. The van der Waals surface area contributed by atoms with Crippen LogP contribution in [0.1, 0.15) is 12.8 Å². The fourth-order valence-electron chi connectivity index (χ4n) is 0.951. The number of carboxylic acid groups (broad SMARTS) is 1. The van der Waals surface area contributed by atoms with E-state index in [1.807, 2.05) is 0 Å². The van der Waals surface area contributed by atoms with Crippen LogP contribution >= 0.6 is 0 Å². The van der Waals surface area contributed by atoms with Crippen molar-refractivity contribution in [3.8, 4) is 12.3 Å². The predicted octanol–water partition coefficient (Wildman–Crippen LogP) is -0.201. The highest BCUT2D eigenvalue weighted by Crippen LogP contribution is 1.92. The third-order valence-electron chi connectivity index (χ3n) is 1.77. The van der Waals surface area contributed by atoms with Crippen LogP contribution in [0.2, 0.25) is 0 Å². The Morgan fingerprint density at radius 1 is 1.56 bits per heavy atom. The van der Waals surface area contributed by atoms with Crippen LogP contribution in [0, 0.1) is 12.3 Å². The maximum Gasteiger partial charge on any atom is 0.326 e. The average molecular weight is 228 g/mol. The minimum Gasteiger partial charge on any atom is -0.480 e. The van der Waals surface area contributed by atoms with Crippen molar-refractivity contribution in [1.82, 2.24) is 10.6 Å². The molecule has 16 heavy (non-hydrogen) atoms. The molecular weight excluding hydrogens is 212 g/mol. The second-order valence-electron chi connectivity index (χ2n) is 3.03. The SMILES string of the molecule is C#CCCNC(=O)NC(CCOC)C(=O)O. The molecule has 0 radical (unpaired) electrons. The van der Waals surface area contributed by atoms with E-state index in [9.17, 15) is 9.59 Å². The average Bonchev–Trinajstić information content (AvgIpc) is 2.24. The Labute approximate surface area is 94.4 Å². The molecule has 0 aliphatic heterocycles. The molecule has 2 amide bonds. The number of amides is 2. The summed E-state index contributed by atoms with van der Waals surface area (Å²) < 4.78 is 4.74. The van der Waals surface area contributed by atoms with Gasteiger partial charge in [-0.1, -0.05) is 0 Å². The van der Waals surface area contributed by atoms with Gasteiger partial charge in [-0.05, 0) is 0 Å². The first-order valence-electron chi connectivity index (χ1n) is 4.81. The predicted molar refractivity (Wildman–Crippen MR) is 57.9 cm³/mol. The van der Waals surface area contributed by atoms with Crippen LogP contribution < -0.4 is 10.6 Å². The Bertz CT molecular complexity index is 272. The maximum atomic E-state index is 11.2. The number of aliphatic carboxylic acids is 1. The van der Waals surface area contributed by atoms with Crippen molar-refractivity contribution >= 4 is 12.0 Å². The molecule has 6 nitrogen and oxygen atoms in total. The summed E-state index contributed by atoms with van der Waals surface area (Å²) in [6.45, 7) is 0.584. The van der Waals surface area contributed by atoms with Gasteiger partial charge in [-0.25, -0.2) is 9.59 Å². The molecule has 0 aromatic rings. The summed E-state index contributed by atoms with van der Waals surface area (Å²) in [4.78, 5) is 21.9. The molecule has 0 aliphatic rings. The van der Waals surface area contributed by atoms with Crippen molar-refractivity contribution in [3.05, 3.63) is 0 Å². The highest BCUT2D eigenvalue weighted by molar-refractivity contribution is 5.82. The molecule has 0 heterocycles. The Morgan fingerprint density at radius 3 is 2.75 bits per heavy atom. The molecule has 0 fully saturated rings. The van der Waals surface area contributed by atoms with Gasteiger partial charge >= 0.3 is 12.0 Å². The summed E-state index contributed by atoms with van der Waals surface area (Å²) in [5.41, 5.74) is 0. The normalized spacial score (nSPS) is 11.2. The Balaban J connectivity index is 3.94. The van der Waals surface area contributed by atoms with Gasteiger partial charge in [-0.15, -0.1) is 12.3 Å². The number of nitrogens with one attached hydrogen (secondary N) is 2. The van der Waals surface area contributed by atoms with Crippen LogP contribution in [0.25, 0.3) is 0 Å². The Kier molecular flexibility index (Phi) is 7.63. The zero-order valence-electron chi connectivity index (χ0n) is 9.16. The van der Waals surface area contributed by atoms with Crippen molar-refractivity contribution in [1.29, 1.82) is 0 Å². The lowest BCUT2D eigenvalue weighted by molar-refractivity contribution is -0.139. The molecule has 1 atom stereocenters. The first-order chi connectivity index (χ1) is 7.61. The lowest BCUT2D eigenvalue weighted by atomic mass is 10.2. The minimum absolute atomic E-state index is 0.217. The van der Waals surface area contributed by atoms with E-state index < -0.39 is 18.0 Å². The Hall–Kier alpha value is -1.74. The van der Waals surface area contributed by atoms with Crippen LogP contribution in [-0.2, 0) is 9.53 Å². The van der Waals surface area contributed by atoms with Crippen LogP contribution in [-0.4, -0.2) is 43.4 Å². The molecule has 0 spiro atoms. The number of carbonyl (C=O) groups excluding carboxylic acids is 1. The van der Waals surface area contributed by atoms with E-state index in [4.69, 9.17) is 16.3 Å². The van der Waals surface area contributed by atoms with E-state index in [-0.39, 0.29) is 13.0 Å². The van der Waals surface area contributed by atoms with Crippen LogP contribution in [0.5, 0.6) is 0 Å². The third-order valence-corrected chi connectivity index (χ3v) is 1.77. The molecular formula is C10H16N2O4. The number of hydrogen-bond acceptors (Lipinski definition) is 3. The van der Waals surface area contributed by atoms with Gasteiger partial charge in [0.1, 0.15) is 6.04 Å². The lowest BCUT2D eigenvalue weighted by Gasteiger charge is -2.14. The molecule has 0 bridgehead atoms. The summed E-state index contributed by atoms with van der Waals surface area (Å²) in [6.07, 6.45) is 5.62. The zero-order valence-corrected chi connectivity index (χ0v) is 9.16. The first kappa shape index (κ1) is 14.3. The van der Waals surface area contributed by atoms with Gasteiger partial charge in [0.25, 0.3) is 0 Å². The molecule has 0 rings (SSSR count). The smallest absolute Gasteiger partial charge is 0.326 e. The van der Waals surface area contributed by atoms with E-state index in [2.05, 4.69) is 16.6 Å². The van der Waals surface area contributed by atoms with Crippen LogP contribution in [0.15, 0.2) is 0 Å². The molecule has 90 valence electrons. The number of ether oxygens (including phenoxy) is 1. The summed E-state index contributed by atoms with van der Waals surface area (Å²) in [6, 6.07) is -1.50. The summed E-state index contributed by atoms with van der Waals surface area (Å²) in [5, 5.41) is 13.6.